The molecule has 1 aliphatic rings. The van der Waals surface area contributed by atoms with Gasteiger partial charge in [0.1, 0.15) is 0 Å². The molecule has 0 atom stereocenters. The van der Waals surface area contributed by atoms with Gasteiger partial charge in [-0.05, 0) is 32.3 Å². The molecule has 1 amide bonds. The fourth-order valence-corrected chi connectivity index (χ4v) is 2.41. The Morgan fingerprint density at radius 2 is 1.89 bits per heavy atom. The van der Waals surface area contributed by atoms with Gasteiger partial charge in [-0.15, -0.1) is 12.4 Å². The molecular weight excluding hydrogens is 260 g/mol. The van der Waals surface area contributed by atoms with E-state index < -0.39 is 0 Å². The first-order valence-corrected chi connectivity index (χ1v) is 6.57. The van der Waals surface area contributed by atoms with Crippen LogP contribution in [0.5, 0.6) is 0 Å². The monoisotopic (exact) mass is 282 g/mol. The fourth-order valence-electron chi connectivity index (χ4n) is 2.41. The summed E-state index contributed by atoms with van der Waals surface area (Å²) in [5, 5.41) is 3.00. The number of amides is 1. The summed E-state index contributed by atoms with van der Waals surface area (Å²) < 4.78 is 0. The number of halogens is 1. The molecule has 1 fully saturated rings. The maximum absolute atomic E-state index is 12.4. The molecule has 3 nitrogen and oxygen atoms in total. The zero-order valence-corrected chi connectivity index (χ0v) is 12.4. The summed E-state index contributed by atoms with van der Waals surface area (Å²) in [7, 11) is 0. The number of hydrogen-bond acceptors (Lipinski definition) is 2. The highest BCUT2D eigenvalue weighted by Gasteiger charge is 2.45. The van der Waals surface area contributed by atoms with E-state index in [9.17, 15) is 4.79 Å². The van der Waals surface area contributed by atoms with E-state index in [-0.39, 0.29) is 29.3 Å². The van der Waals surface area contributed by atoms with E-state index in [1.807, 2.05) is 44.2 Å². The van der Waals surface area contributed by atoms with Gasteiger partial charge in [-0.1, -0.05) is 36.8 Å². The van der Waals surface area contributed by atoms with E-state index in [1.54, 1.807) is 0 Å². The topological polar surface area (TPSA) is 55.1 Å². The smallest absolute Gasteiger partial charge is 0.230 e. The summed E-state index contributed by atoms with van der Waals surface area (Å²) in [6.07, 6.45) is 3.00. The van der Waals surface area contributed by atoms with Gasteiger partial charge in [-0.25, -0.2) is 0 Å². The third-order valence-corrected chi connectivity index (χ3v) is 3.67. The average Bonchev–Trinajstić information content (AvgIpc) is 2.25. The number of carbonyl (C=O) groups excluding carboxylic acids is 1. The zero-order valence-electron chi connectivity index (χ0n) is 11.6. The van der Waals surface area contributed by atoms with E-state index >= 15 is 0 Å². The Morgan fingerprint density at radius 1 is 1.32 bits per heavy atom. The number of hydrogen-bond donors (Lipinski definition) is 2. The standard InChI is InChI=1S/C15H22N2O.ClH/c1-14(2,16)11-17-13(18)15(9-6-10-15)12-7-4-3-5-8-12;/h3-5,7-8H,6,9-11,16H2,1-2H3,(H,17,18);1H. The van der Waals surface area contributed by atoms with E-state index in [1.165, 1.54) is 0 Å². The minimum absolute atomic E-state index is 0. The Kier molecular flexibility index (Phi) is 4.99. The summed E-state index contributed by atoms with van der Waals surface area (Å²) >= 11 is 0. The van der Waals surface area contributed by atoms with Crippen LogP contribution in [0.25, 0.3) is 0 Å². The van der Waals surface area contributed by atoms with Crippen molar-refractivity contribution in [2.75, 3.05) is 6.54 Å². The lowest BCUT2D eigenvalue weighted by molar-refractivity contribution is -0.130. The van der Waals surface area contributed by atoms with Crippen LogP contribution in [0, 0.1) is 0 Å². The predicted molar refractivity (Wildman–Crippen MR) is 80.5 cm³/mol. The van der Waals surface area contributed by atoms with Crippen molar-refractivity contribution in [2.45, 2.75) is 44.1 Å². The van der Waals surface area contributed by atoms with E-state index in [2.05, 4.69) is 5.32 Å². The second-order valence-corrected chi connectivity index (χ2v) is 5.97. The van der Waals surface area contributed by atoms with Crippen LogP contribution >= 0.6 is 12.4 Å². The van der Waals surface area contributed by atoms with Gasteiger partial charge in [0.15, 0.2) is 0 Å². The number of rotatable bonds is 4. The highest BCUT2D eigenvalue weighted by Crippen LogP contribution is 2.43. The van der Waals surface area contributed by atoms with Crippen molar-refractivity contribution in [3.63, 3.8) is 0 Å². The minimum Gasteiger partial charge on any atom is -0.354 e. The SMILES string of the molecule is CC(C)(N)CNC(=O)C1(c2ccccc2)CCC1.Cl. The van der Waals surface area contributed by atoms with Crippen molar-refractivity contribution >= 4 is 18.3 Å². The third kappa shape index (κ3) is 3.48. The molecule has 3 N–H and O–H groups in total. The first-order valence-electron chi connectivity index (χ1n) is 6.57. The predicted octanol–water partition coefficient (Wildman–Crippen LogP) is 2.38. The first kappa shape index (κ1) is 16.0. The molecule has 1 aliphatic carbocycles. The zero-order chi connectivity index (χ0) is 13.2. The maximum atomic E-state index is 12.4. The second-order valence-electron chi connectivity index (χ2n) is 5.97. The Balaban J connectivity index is 0.00000180. The number of nitrogens with one attached hydrogen (secondary N) is 1. The van der Waals surface area contributed by atoms with Crippen LogP contribution in [0.3, 0.4) is 0 Å². The molecule has 1 aromatic rings. The van der Waals surface area contributed by atoms with Crippen molar-refractivity contribution in [2.24, 2.45) is 5.73 Å². The van der Waals surface area contributed by atoms with Crippen molar-refractivity contribution in [1.82, 2.24) is 5.32 Å². The lowest BCUT2D eigenvalue weighted by Crippen LogP contribution is -2.53. The molecule has 0 radical (unpaired) electrons. The van der Waals surface area contributed by atoms with Gasteiger partial charge in [-0.2, -0.15) is 0 Å². The second kappa shape index (κ2) is 5.93. The highest BCUT2D eigenvalue weighted by atomic mass is 35.5. The van der Waals surface area contributed by atoms with Gasteiger partial charge < -0.3 is 11.1 Å². The summed E-state index contributed by atoms with van der Waals surface area (Å²) in [5.41, 5.74) is 6.36. The molecule has 0 unspecified atom stereocenters. The molecule has 0 saturated heterocycles. The average molecular weight is 283 g/mol. The van der Waals surface area contributed by atoms with Crippen LogP contribution in [0.1, 0.15) is 38.7 Å². The van der Waals surface area contributed by atoms with E-state index in [0.717, 1.165) is 24.8 Å². The van der Waals surface area contributed by atoms with Crippen molar-refractivity contribution in [1.29, 1.82) is 0 Å². The molecule has 0 aromatic heterocycles. The van der Waals surface area contributed by atoms with Crippen LogP contribution in [-0.2, 0) is 10.2 Å². The summed E-state index contributed by atoms with van der Waals surface area (Å²) in [6, 6.07) is 10.1. The molecule has 4 heteroatoms. The van der Waals surface area contributed by atoms with Gasteiger partial charge in [-0.3, -0.25) is 4.79 Å². The molecule has 2 rings (SSSR count). The van der Waals surface area contributed by atoms with Gasteiger partial charge in [0, 0.05) is 12.1 Å². The molecule has 1 saturated carbocycles. The van der Waals surface area contributed by atoms with E-state index in [0.29, 0.717) is 6.54 Å². The molecule has 106 valence electrons. The maximum Gasteiger partial charge on any atom is 0.230 e. The van der Waals surface area contributed by atoms with Crippen LogP contribution in [0.15, 0.2) is 30.3 Å². The van der Waals surface area contributed by atoms with E-state index in [4.69, 9.17) is 5.73 Å². The molecule has 0 spiro atoms. The highest BCUT2D eigenvalue weighted by molar-refractivity contribution is 5.89. The molecule has 0 heterocycles. The molecule has 0 bridgehead atoms. The van der Waals surface area contributed by atoms with Gasteiger partial charge in [0.2, 0.25) is 5.91 Å². The Morgan fingerprint density at radius 3 is 2.32 bits per heavy atom. The van der Waals surface area contributed by atoms with Crippen molar-refractivity contribution < 1.29 is 4.79 Å². The summed E-state index contributed by atoms with van der Waals surface area (Å²) in [4.78, 5) is 12.4. The molecule has 1 aromatic carbocycles. The van der Waals surface area contributed by atoms with Crippen LogP contribution in [0.4, 0.5) is 0 Å². The quantitative estimate of drug-likeness (QED) is 0.891. The fraction of sp³-hybridized carbons (Fsp3) is 0.533. The Labute approximate surface area is 121 Å². The number of nitrogens with two attached hydrogens (primary N) is 1. The molecule has 0 aliphatic heterocycles. The molecular formula is C15H23ClN2O. The van der Waals surface area contributed by atoms with Crippen molar-refractivity contribution in [3.05, 3.63) is 35.9 Å². The lowest BCUT2D eigenvalue weighted by Gasteiger charge is -2.41. The molecule has 19 heavy (non-hydrogen) atoms. The van der Waals surface area contributed by atoms with Gasteiger partial charge in [0.05, 0.1) is 5.41 Å². The number of carbonyl (C=O) groups is 1. The normalized spacial score (nSPS) is 17.0. The largest absolute Gasteiger partial charge is 0.354 e. The Hall–Kier alpha value is -1.06. The van der Waals surface area contributed by atoms with Crippen LogP contribution in [0.2, 0.25) is 0 Å². The van der Waals surface area contributed by atoms with Crippen molar-refractivity contribution in [3.8, 4) is 0 Å². The third-order valence-electron chi connectivity index (χ3n) is 3.67. The van der Waals surface area contributed by atoms with Crippen LogP contribution in [-0.4, -0.2) is 18.0 Å². The number of benzene rings is 1. The van der Waals surface area contributed by atoms with Gasteiger partial charge >= 0.3 is 0 Å². The first-order chi connectivity index (χ1) is 8.44. The Bertz CT molecular complexity index is 422. The van der Waals surface area contributed by atoms with Crippen LogP contribution < -0.4 is 11.1 Å². The lowest BCUT2D eigenvalue weighted by atomic mass is 9.64. The summed E-state index contributed by atoms with van der Waals surface area (Å²) in [5.74, 6) is 0.124. The van der Waals surface area contributed by atoms with Gasteiger partial charge in [0.25, 0.3) is 0 Å². The minimum atomic E-state index is -0.364. The summed E-state index contributed by atoms with van der Waals surface area (Å²) in [6.45, 7) is 4.35.